The highest BCUT2D eigenvalue weighted by Gasteiger charge is 2.23. The van der Waals surface area contributed by atoms with Crippen LogP contribution in [0.3, 0.4) is 0 Å². The van der Waals surface area contributed by atoms with Gasteiger partial charge in [-0.2, -0.15) is 0 Å². The summed E-state index contributed by atoms with van der Waals surface area (Å²) in [6.45, 7) is 6.27. The molecule has 0 saturated heterocycles. The van der Waals surface area contributed by atoms with Crippen molar-refractivity contribution in [3.8, 4) is 5.75 Å². The lowest BCUT2D eigenvalue weighted by molar-refractivity contribution is 0.242. The molecule has 18 heavy (non-hydrogen) atoms. The van der Waals surface area contributed by atoms with E-state index in [-0.39, 0.29) is 6.10 Å². The van der Waals surface area contributed by atoms with Gasteiger partial charge in [-0.3, -0.25) is 0 Å². The van der Waals surface area contributed by atoms with Crippen molar-refractivity contribution in [1.82, 2.24) is 0 Å². The summed E-state index contributed by atoms with van der Waals surface area (Å²) in [7, 11) is 0. The standard InChI is InChI=1S/C15H24N2O/c1-10(2)18-15-8-13(16)7-14(9-15)17-11(3)6-12-4-5-12/h7-12,17H,4-6,16H2,1-3H3. The lowest BCUT2D eigenvalue weighted by atomic mass is 10.1. The van der Waals surface area contributed by atoms with E-state index in [2.05, 4.69) is 12.2 Å². The quantitative estimate of drug-likeness (QED) is 0.755. The maximum Gasteiger partial charge on any atom is 0.123 e. The maximum absolute atomic E-state index is 5.90. The molecule has 0 aliphatic heterocycles. The van der Waals surface area contributed by atoms with Crippen molar-refractivity contribution in [3.63, 3.8) is 0 Å². The zero-order valence-corrected chi connectivity index (χ0v) is 11.6. The Bertz CT molecular complexity index is 399. The molecule has 1 atom stereocenters. The Balaban J connectivity index is 1.99. The van der Waals surface area contributed by atoms with E-state index in [4.69, 9.17) is 10.5 Å². The summed E-state index contributed by atoms with van der Waals surface area (Å²) in [6.07, 6.45) is 4.20. The fourth-order valence-corrected chi connectivity index (χ4v) is 2.24. The Hall–Kier alpha value is -1.38. The third-order valence-corrected chi connectivity index (χ3v) is 3.10. The molecule has 100 valence electrons. The molecule has 1 aromatic rings. The van der Waals surface area contributed by atoms with Gasteiger partial charge in [0.05, 0.1) is 6.10 Å². The van der Waals surface area contributed by atoms with Gasteiger partial charge < -0.3 is 15.8 Å². The van der Waals surface area contributed by atoms with Gasteiger partial charge in [0, 0.05) is 29.5 Å². The molecule has 0 heterocycles. The number of nitrogens with two attached hydrogens (primary N) is 1. The molecule has 1 aliphatic rings. The van der Waals surface area contributed by atoms with Gasteiger partial charge in [-0.15, -0.1) is 0 Å². The monoisotopic (exact) mass is 248 g/mol. The van der Waals surface area contributed by atoms with E-state index in [1.165, 1.54) is 19.3 Å². The van der Waals surface area contributed by atoms with Crippen LogP contribution in [-0.2, 0) is 0 Å². The molecule has 0 radical (unpaired) electrons. The zero-order chi connectivity index (χ0) is 13.1. The van der Waals surface area contributed by atoms with Crippen molar-refractivity contribution in [1.29, 1.82) is 0 Å². The predicted octanol–water partition coefficient (Wildman–Crippen LogP) is 3.66. The van der Waals surface area contributed by atoms with Crippen molar-refractivity contribution >= 4 is 11.4 Å². The van der Waals surface area contributed by atoms with E-state index < -0.39 is 0 Å². The van der Waals surface area contributed by atoms with E-state index in [9.17, 15) is 0 Å². The number of anilines is 2. The summed E-state index contributed by atoms with van der Waals surface area (Å²) in [5.41, 5.74) is 7.70. The first-order valence-corrected chi connectivity index (χ1v) is 6.86. The fourth-order valence-electron chi connectivity index (χ4n) is 2.24. The minimum atomic E-state index is 0.170. The predicted molar refractivity (Wildman–Crippen MR) is 77.0 cm³/mol. The van der Waals surface area contributed by atoms with Crippen LogP contribution < -0.4 is 15.8 Å². The van der Waals surface area contributed by atoms with Gasteiger partial charge in [-0.25, -0.2) is 0 Å². The Labute approximate surface area is 110 Å². The lowest BCUT2D eigenvalue weighted by Gasteiger charge is -2.17. The Morgan fingerprint density at radius 1 is 1.28 bits per heavy atom. The summed E-state index contributed by atoms with van der Waals surface area (Å²) < 4.78 is 5.69. The first kappa shape index (κ1) is 13.1. The van der Waals surface area contributed by atoms with E-state index in [1.54, 1.807) is 0 Å². The lowest BCUT2D eigenvalue weighted by Crippen LogP contribution is -2.16. The number of ether oxygens (including phenoxy) is 1. The second kappa shape index (κ2) is 5.51. The van der Waals surface area contributed by atoms with Gasteiger partial charge in [0.25, 0.3) is 0 Å². The molecule has 3 heteroatoms. The number of nitrogens with one attached hydrogen (secondary N) is 1. The van der Waals surface area contributed by atoms with Crippen molar-refractivity contribution in [3.05, 3.63) is 18.2 Å². The Morgan fingerprint density at radius 2 is 2.00 bits per heavy atom. The van der Waals surface area contributed by atoms with Crippen LogP contribution in [0.2, 0.25) is 0 Å². The average Bonchev–Trinajstić information content (AvgIpc) is 2.98. The Kier molecular flexibility index (Phi) is 4.00. The molecule has 3 N–H and O–H groups in total. The van der Waals surface area contributed by atoms with E-state index in [0.29, 0.717) is 6.04 Å². The Morgan fingerprint density at radius 3 is 2.61 bits per heavy atom. The van der Waals surface area contributed by atoms with Gasteiger partial charge >= 0.3 is 0 Å². The van der Waals surface area contributed by atoms with Crippen LogP contribution in [0.1, 0.15) is 40.0 Å². The van der Waals surface area contributed by atoms with Gasteiger partial charge in [-0.1, -0.05) is 12.8 Å². The van der Waals surface area contributed by atoms with E-state index in [0.717, 1.165) is 23.0 Å². The second-order valence-electron chi connectivity index (χ2n) is 5.68. The molecular weight excluding hydrogens is 224 g/mol. The average molecular weight is 248 g/mol. The largest absolute Gasteiger partial charge is 0.491 e. The van der Waals surface area contributed by atoms with Crippen LogP contribution in [-0.4, -0.2) is 12.1 Å². The van der Waals surface area contributed by atoms with Crippen molar-refractivity contribution in [2.45, 2.75) is 52.2 Å². The van der Waals surface area contributed by atoms with Crippen LogP contribution in [0.4, 0.5) is 11.4 Å². The first-order valence-electron chi connectivity index (χ1n) is 6.86. The third kappa shape index (κ3) is 4.13. The van der Waals surface area contributed by atoms with E-state index in [1.807, 2.05) is 32.0 Å². The maximum atomic E-state index is 5.90. The van der Waals surface area contributed by atoms with Crippen LogP contribution in [0.15, 0.2) is 18.2 Å². The number of hydrogen-bond donors (Lipinski definition) is 2. The molecule has 0 aromatic heterocycles. The third-order valence-electron chi connectivity index (χ3n) is 3.10. The highest BCUT2D eigenvalue weighted by molar-refractivity contribution is 5.59. The normalized spacial score (nSPS) is 16.7. The SMILES string of the molecule is CC(CC1CC1)Nc1cc(N)cc(OC(C)C)c1. The minimum absolute atomic E-state index is 0.170. The van der Waals surface area contributed by atoms with E-state index >= 15 is 0 Å². The number of benzene rings is 1. The molecule has 0 spiro atoms. The molecule has 0 amide bonds. The van der Waals surface area contributed by atoms with Crippen LogP contribution in [0.25, 0.3) is 0 Å². The molecule has 1 unspecified atom stereocenters. The number of hydrogen-bond acceptors (Lipinski definition) is 3. The molecule has 2 rings (SSSR count). The summed E-state index contributed by atoms with van der Waals surface area (Å²) >= 11 is 0. The molecule has 1 aliphatic carbocycles. The van der Waals surface area contributed by atoms with Gasteiger partial charge in [0.2, 0.25) is 0 Å². The number of rotatable bonds is 6. The van der Waals surface area contributed by atoms with Crippen molar-refractivity contribution in [2.75, 3.05) is 11.1 Å². The van der Waals surface area contributed by atoms with Crippen molar-refractivity contribution < 1.29 is 4.74 Å². The topological polar surface area (TPSA) is 47.3 Å². The van der Waals surface area contributed by atoms with Gasteiger partial charge in [-0.05, 0) is 39.2 Å². The van der Waals surface area contributed by atoms with Crippen LogP contribution >= 0.6 is 0 Å². The summed E-state index contributed by atoms with van der Waals surface area (Å²) in [5.74, 6) is 1.77. The smallest absolute Gasteiger partial charge is 0.123 e. The molecular formula is C15H24N2O. The van der Waals surface area contributed by atoms with Gasteiger partial charge in [0.1, 0.15) is 5.75 Å². The summed E-state index contributed by atoms with van der Waals surface area (Å²) in [4.78, 5) is 0. The molecule has 1 aromatic carbocycles. The zero-order valence-electron chi connectivity index (χ0n) is 11.6. The summed E-state index contributed by atoms with van der Waals surface area (Å²) in [6, 6.07) is 6.36. The minimum Gasteiger partial charge on any atom is -0.491 e. The number of nitrogen functional groups attached to an aromatic ring is 1. The van der Waals surface area contributed by atoms with Crippen LogP contribution in [0, 0.1) is 5.92 Å². The second-order valence-corrected chi connectivity index (χ2v) is 5.68. The van der Waals surface area contributed by atoms with Crippen LogP contribution in [0.5, 0.6) is 5.75 Å². The molecule has 1 fully saturated rings. The molecule has 3 nitrogen and oxygen atoms in total. The van der Waals surface area contributed by atoms with Crippen molar-refractivity contribution in [2.24, 2.45) is 5.92 Å². The molecule has 0 bridgehead atoms. The highest BCUT2D eigenvalue weighted by atomic mass is 16.5. The molecule has 1 saturated carbocycles. The summed E-state index contributed by atoms with van der Waals surface area (Å²) in [5, 5.41) is 3.51. The first-order chi connectivity index (χ1) is 8.52. The fraction of sp³-hybridized carbons (Fsp3) is 0.600. The highest BCUT2D eigenvalue weighted by Crippen LogP contribution is 2.34. The van der Waals surface area contributed by atoms with Gasteiger partial charge in [0.15, 0.2) is 0 Å².